The Labute approximate surface area is 178 Å². The second-order valence-corrected chi connectivity index (χ2v) is 6.87. The zero-order valence-electron chi connectivity index (χ0n) is 15.9. The van der Waals surface area contributed by atoms with Crippen LogP contribution < -0.4 is 19.6 Å². The number of methoxy groups -OCH3 is 1. The highest BCUT2D eigenvalue weighted by Crippen LogP contribution is 2.33. The molecule has 0 bridgehead atoms. The molecule has 2 rings (SSSR count). The molecule has 6 nitrogen and oxygen atoms in total. The lowest BCUT2D eigenvalue weighted by Gasteiger charge is -2.12. The molecule has 0 aliphatic carbocycles. The summed E-state index contributed by atoms with van der Waals surface area (Å²) in [4.78, 5) is 12.2. The van der Waals surface area contributed by atoms with Crippen molar-refractivity contribution < 1.29 is 19.0 Å². The summed E-state index contributed by atoms with van der Waals surface area (Å²) in [5.74, 6) is 1.67. The molecule has 1 N–H and O–H groups in total. The van der Waals surface area contributed by atoms with Crippen LogP contribution in [0.5, 0.6) is 17.2 Å². The maximum Gasteiger partial charge on any atom is 0.271 e. The standard InChI is InChI=1S/C21H23IN2O4/c1-4-10-27-17-8-6-16(7-9-17)21(25)24-23-14-15-12-18(22)20(28-11-5-2)19(13-15)26-3/h5-9,12-14H,2,4,10-11H2,1,3H3,(H,24,25)/b23-14-. The Morgan fingerprint density at radius 1 is 1.25 bits per heavy atom. The Kier molecular flexibility index (Phi) is 8.80. The summed E-state index contributed by atoms with van der Waals surface area (Å²) in [7, 11) is 1.57. The number of halogens is 1. The predicted octanol–water partition coefficient (Wildman–Crippen LogP) is 4.42. The van der Waals surface area contributed by atoms with Crippen LogP contribution in [0.4, 0.5) is 0 Å². The average molecular weight is 494 g/mol. The van der Waals surface area contributed by atoms with Gasteiger partial charge >= 0.3 is 0 Å². The van der Waals surface area contributed by atoms with Gasteiger partial charge in [-0.2, -0.15) is 5.10 Å². The summed E-state index contributed by atoms with van der Waals surface area (Å²) in [5, 5.41) is 4.03. The zero-order chi connectivity index (χ0) is 20.4. The van der Waals surface area contributed by atoms with E-state index in [1.807, 2.05) is 13.0 Å². The van der Waals surface area contributed by atoms with Crippen LogP contribution in [-0.4, -0.2) is 32.4 Å². The van der Waals surface area contributed by atoms with Gasteiger partial charge in [0.2, 0.25) is 0 Å². The summed E-state index contributed by atoms with van der Waals surface area (Å²) < 4.78 is 17.4. The van der Waals surface area contributed by atoms with Gasteiger partial charge < -0.3 is 14.2 Å². The molecule has 1 amide bonds. The van der Waals surface area contributed by atoms with Crippen LogP contribution in [0.15, 0.2) is 54.2 Å². The first-order chi connectivity index (χ1) is 13.6. The number of amides is 1. The summed E-state index contributed by atoms with van der Waals surface area (Å²) >= 11 is 2.16. The van der Waals surface area contributed by atoms with Gasteiger partial charge in [0.15, 0.2) is 11.5 Å². The van der Waals surface area contributed by atoms with Crippen LogP contribution in [0.3, 0.4) is 0 Å². The van der Waals surface area contributed by atoms with Gasteiger partial charge in [-0.25, -0.2) is 5.43 Å². The molecule has 2 aromatic carbocycles. The first-order valence-corrected chi connectivity index (χ1v) is 9.84. The molecule has 0 aromatic heterocycles. The minimum absolute atomic E-state index is 0.300. The molecular weight excluding hydrogens is 471 g/mol. The third kappa shape index (κ3) is 6.26. The van der Waals surface area contributed by atoms with Gasteiger partial charge in [-0.05, 0) is 71.0 Å². The number of nitrogens with zero attached hydrogens (tertiary/aromatic N) is 1. The van der Waals surface area contributed by atoms with Crippen LogP contribution in [0.25, 0.3) is 0 Å². The van der Waals surface area contributed by atoms with Crippen LogP contribution in [0.1, 0.15) is 29.3 Å². The Morgan fingerprint density at radius 2 is 2.00 bits per heavy atom. The molecular formula is C21H23IN2O4. The fraction of sp³-hybridized carbons (Fsp3) is 0.238. The highest BCUT2D eigenvalue weighted by Gasteiger charge is 2.11. The maximum atomic E-state index is 12.2. The minimum atomic E-state index is -0.300. The van der Waals surface area contributed by atoms with Gasteiger partial charge in [-0.15, -0.1) is 0 Å². The third-order valence-electron chi connectivity index (χ3n) is 3.57. The predicted molar refractivity (Wildman–Crippen MR) is 119 cm³/mol. The Morgan fingerprint density at radius 3 is 2.64 bits per heavy atom. The molecule has 0 unspecified atom stereocenters. The molecule has 28 heavy (non-hydrogen) atoms. The fourth-order valence-corrected chi connectivity index (χ4v) is 3.03. The lowest BCUT2D eigenvalue weighted by Crippen LogP contribution is -2.17. The normalized spacial score (nSPS) is 10.5. The minimum Gasteiger partial charge on any atom is -0.494 e. The molecule has 148 valence electrons. The van der Waals surface area contributed by atoms with E-state index in [4.69, 9.17) is 14.2 Å². The number of hydrogen-bond acceptors (Lipinski definition) is 5. The summed E-state index contributed by atoms with van der Waals surface area (Å²) in [6.07, 6.45) is 4.16. The van der Waals surface area contributed by atoms with E-state index in [9.17, 15) is 4.79 Å². The van der Waals surface area contributed by atoms with Crippen molar-refractivity contribution in [1.29, 1.82) is 0 Å². The van der Waals surface area contributed by atoms with Gasteiger partial charge in [0.1, 0.15) is 12.4 Å². The quantitative estimate of drug-likeness (QED) is 0.230. The van der Waals surface area contributed by atoms with E-state index in [1.165, 1.54) is 0 Å². The van der Waals surface area contributed by atoms with E-state index < -0.39 is 0 Å². The number of hydrazone groups is 1. The molecule has 2 aromatic rings. The zero-order valence-corrected chi connectivity index (χ0v) is 18.1. The van der Waals surface area contributed by atoms with Crippen LogP contribution in [0, 0.1) is 3.57 Å². The first kappa shape index (κ1) is 21.7. The van der Waals surface area contributed by atoms with E-state index in [0.29, 0.717) is 30.3 Å². The van der Waals surface area contributed by atoms with Crippen LogP contribution in [0.2, 0.25) is 0 Å². The Hall–Kier alpha value is -2.55. The van der Waals surface area contributed by atoms with Gasteiger partial charge in [0.25, 0.3) is 5.91 Å². The summed E-state index contributed by atoms with van der Waals surface area (Å²) in [6.45, 7) is 6.72. The number of hydrogen-bond donors (Lipinski definition) is 1. The van der Waals surface area contributed by atoms with Crippen molar-refractivity contribution in [2.24, 2.45) is 5.10 Å². The Balaban J connectivity index is 2.02. The number of rotatable bonds is 10. The fourth-order valence-electron chi connectivity index (χ4n) is 2.25. The number of ether oxygens (including phenoxy) is 3. The molecule has 7 heteroatoms. The molecule has 0 spiro atoms. The lowest BCUT2D eigenvalue weighted by molar-refractivity contribution is 0.0955. The number of nitrogens with one attached hydrogen (secondary N) is 1. The summed E-state index contributed by atoms with van der Waals surface area (Å²) in [5.41, 5.74) is 3.79. The molecule has 0 saturated carbocycles. The maximum absolute atomic E-state index is 12.2. The SMILES string of the molecule is C=CCOc1c(I)cc(/C=N\NC(=O)c2ccc(OCCC)cc2)cc1OC. The van der Waals surface area contributed by atoms with E-state index in [1.54, 1.807) is 49.7 Å². The average Bonchev–Trinajstić information content (AvgIpc) is 2.71. The van der Waals surface area contributed by atoms with Crippen molar-refractivity contribution in [1.82, 2.24) is 5.43 Å². The van der Waals surface area contributed by atoms with Gasteiger partial charge in [-0.3, -0.25) is 4.79 Å². The van der Waals surface area contributed by atoms with Crippen LogP contribution >= 0.6 is 22.6 Å². The molecule has 0 heterocycles. The monoisotopic (exact) mass is 494 g/mol. The molecule has 0 aliphatic rings. The van der Waals surface area contributed by atoms with E-state index in [-0.39, 0.29) is 5.91 Å². The molecule has 0 fully saturated rings. The second-order valence-electron chi connectivity index (χ2n) is 5.71. The number of benzene rings is 2. The van der Waals surface area contributed by atoms with Crippen molar-refractivity contribution in [3.05, 3.63) is 63.8 Å². The van der Waals surface area contributed by atoms with Gasteiger partial charge in [0, 0.05) is 5.56 Å². The van der Waals surface area contributed by atoms with E-state index in [0.717, 1.165) is 21.3 Å². The van der Waals surface area contributed by atoms with Crippen molar-refractivity contribution in [2.75, 3.05) is 20.3 Å². The Bertz CT molecular complexity index is 835. The molecule has 0 atom stereocenters. The number of carbonyl (C=O) groups is 1. The van der Waals surface area contributed by atoms with E-state index in [2.05, 4.69) is 39.7 Å². The highest BCUT2D eigenvalue weighted by molar-refractivity contribution is 14.1. The van der Waals surface area contributed by atoms with Crippen molar-refractivity contribution in [3.8, 4) is 17.2 Å². The smallest absolute Gasteiger partial charge is 0.271 e. The highest BCUT2D eigenvalue weighted by atomic mass is 127. The van der Waals surface area contributed by atoms with Crippen LogP contribution in [-0.2, 0) is 0 Å². The summed E-state index contributed by atoms with van der Waals surface area (Å²) in [6, 6.07) is 10.6. The van der Waals surface area contributed by atoms with Gasteiger partial charge in [-0.1, -0.05) is 19.6 Å². The van der Waals surface area contributed by atoms with Gasteiger partial charge in [0.05, 0.1) is 23.5 Å². The lowest BCUT2D eigenvalue weighted by atomic mass is 10.2. The second kappa shape index (κ2) is 11.3. The molecule has 0 radical (unpaired) electrons. The largest absolute Gasteiger partial charge is 0.494 e. The van der Waals surface area contributed by atoms with Crippen molar-refractivity contribution in [2.45, 2.75) is 13.3 Å². The third-order valence-corrected chi connectivity index (χ3v) is 4.37. The first-order valence-electron chi connectivity index (χ1n) is 8.76. The van der Waals surface area contributed by atoms with Crippen molar-refractivity contribution in [3.63, 3.8) is 0 Å². The molecule has 0 saturated heterocycles. The topological polar surface area (TPSA) is 69.2 Å². The van der Waals surface area contributed by atoms with Crippen molar-refractivity contribution >= 4 is 34.7 Å². The number of carbonyl (C=O) groups excluding carboxylic acids is 1. The van der Waals surface area contributed by atoms with E-state index >= 15 is 0 Å². The molecule has 0 aliphatic heterocycles.